The molecule has 4 N–H and O–H groups in total. The fourth-order valence-electron chi connectivity index (χ4n) is 2.16. The summed E-state index contributed by atoms with van der Waals surface area (Å²) in [6, 6.07) is 2.15. The third kappa shape index (κ3) is 2.30. The number of hydrogen-bond acceptors (Lipinski definition) is 3. The van der Waals surface area contributed by atoms with Crippen LogP contribution in [0.4, 0.5) is 10.3 Å². The van der Waals surface area contributed by atoms with Crippen LogP contribution in [-0.4, -0.2) is 15.5 Å². The summed E-state index contributed by atoms with van der Waals surface area (Å²) in [6.45, 7) is 3.69. The van der Waals surface area contributed by atoms with E-state index in [1.165, 1.54) is 16.7 Å². The van der Waals surface area contributed by atoms with Crippen LogP contribution in [0, 0.1) is 11.7 Å². The Morgan fingerprint density at radius 1 is 1.47 bits per heavy atom. The number of nitrogens with two attached hydrogens (primary N) is 2. The van der Waals surface area contributed by atoms with Crippen LogP contribution in [0.3, 0.4) is 0 Å². The first kappa shape index (κ1) is 13.8. The third-order valence-electron chi connectivity index (χ3n) is 2.96. The molecule has 2 aromatic rings. The van der Waals surface area contributed by atoms with Crippen molar-refractivity contribution < 1.29 is 9.18 Å². The predicted molar refractivity (Wildman–Crippen MR) is 74.9 cm³/mol. The van der Waals surface area contributed by atoms with Crippen LogP contribution in [0.2, 0.25) is 0 Å². The average Bonchev–Trinajstić information content (AvgIpc) is 2.56. The van der Waals surface area contributed by atoms with Crippen molar-refractivity contribution in [2.75, 3.05) is 5.73 Å². The number of halogens is 2. The average molecular weight is 329 g/mol. The lowest BCUT2D eigenvalue weighted by Crippen LogP contribution is -2.31. The van der Waals surface area contributed by atoms with Crippen molar-refractivity contribution in [3.8, 4) is 0 Å². The van der Waals surface area contributed by atoms with Crippen molar-refractivity contribution in [3.05, 3.63) is 22.4 Å². The summed E-state index contributed by atoms with van der Waals surface area (Å²) in [6.07, 6.45) is 0. The monoisotopic (exact) mass is 328 g/mol. The van der Waals surface area contributed by atoms with Crippen molar-refractivity contribution in [1.82, 2.24) is 9.55 Å². The van der Waals surface area contributed by atoms with Gasteiger partial charge in [-0.15, -0.1) is 0 Å². The van der Waals surface area contributed by atoms with Crippen molar-refractivity contribution in [2.45, 2.75) is 19.9 Å². The molecule has 0 fully saturated rings. The highest BCUT2D eigenvalue weighted by atomic mass is 79.9. The van der Waals surface area contributed by atoms with Crippen molar-refractivity contribution in [2.24, 2.45) is 11.7 Å². The molecule has 19 heavy (non-hydrogen) atoms. The van der Waals surface area contributed by atoms with Crippen LogP contribution in [0.15, 0.2) is 16.6 Å². The van der Waals surface area contributed by atoms with E-state index in [1.54, 1.807) is 0 Å². The van der Waals surface area contributed by atoms with E-state index in [-0.39, 0.29) is 11.9 Å². The van der Waals surface area contributed by atoms with Gasteiger partial charge in [0.15, 0.2) is 0 Å². The van der Waals surface area contributed by atoms with Crippen molar-refractivity contribution in [1.29, 1.82) is 0 Å². The zero-order chi connectivity index (χ0) is 14.3. The minimum absolute atomic E-state index is 0.0797. The number of nitrogen functional groups attached to an aromatic ring is 1. The van der Waals surface area contributed by atoms with Crippen LogP contribution in [0.25, 0.3) is 11.0 Å². The number of aromatic nitrogens is 2. The van der Waals surface area contributed by atoms with E-state index in [2.05, 4.69) is 20.9 Å². The SMILES string of the molecule is CC(C)C(C(N)=O)n1c(N)nc2cc(Br)c(F)cc21. The molecule has 2 rings (SSSR count). The van der Waals surface area contributed by atoms with Crippen LogP contribution in [0.1, 0.15) is 19.9 Å². The maximum Gasteiger partial charge on any atom is 0.240 e. The molecule has 1 atom stereocenters. The number of nitrogens with zero attached hydrogens (tertiary/aromatic N) is 2. The van der Waals surface area contributed by atoms with E-state index in [1.807, 2.05) is 13.8 Å². The molecular weight excluding hydrogens is 315 g/mol. The predicted octanol–water partition coefficient (Wildman–Crippen LogP) is 2.20. The molecule has 1 unspecified atom stereocenters. The Bertz CT molecular complexity index is 653. The number of amides is 1. The van der Waals surface area contributed by atoms with Crippen LogP contribution in [0.5, 0.6) is 0 Å². The van der Waals surface area contributed by atoms with E-state index in [0.29, 0.717) is 15.5 Å². The van der Waals surface area contributed by atoms with Crippen LogP contribution >= 0.6 is 15.9 Å². The number of hydrogen-bond donors (Lipinski definition) is 2. The van der Waals surface area contributed by atoms with Gasteiger partial charge in [-0.05, 0) is 27.9 Å². The first-order valence-electron chi connectivity index (χ1n) is 5.74. The highest BCUT2D eigenvalue weighted by Gasteiger charge is 2.26. The molecule has 1 heterocycles. The van der Waals surface area contributed by atoms with E-state index in [4.69, 9.17) is 11.5 Å². The molecule has 0 aliphatic rings. The van der Waals surface area contributed by atoms with E-state index >= 15 is 0 Å². The number of rotatable bonds is 3. The van der Waals surface area contributed by atoms with Gasteiger partial charge in [-0.3, -0.25) is 9.36 Å². The largest absolute Gasteiger partial charge is 0.369 e. The van der Waals surface area contributed by atoms with E-state index in [0.717, 1.165) is 0 Å². The maximum atomic E-state index is 13.7. The Morgan fingerprint density at radius 2 is 2.11 bits per heavy atom. The van der Waals surface area contributed by atoms with Crippen molar-refractivity contribution >= 4 is 38.8 Å². The quantitative estimate of drug-likeness (QED) is 0.905. The number of carbonyl (C=O) groups is 1. The summed E-state index contributed by atoms with van der Waals surface area (Å²) in [7, 11) is 0. The minimum Gasteiger partial charge on any atom is -0.369 e. The van der Waals surface area contributed by atoms with Gasteiger partial charge in [0.05, 0.1) is 15.5 Å². The molecule has 102 valence electrons. The number of fused-ring (bicyclic) bond motifs is 1. The van der Waals surface area contributed by atoms with Gasteiger partial charge >= 0.3 is 0 Å². The highest BCUT2D eigenvalue weighted by Crippen LogP contribution is 2.30. The van der Waals surface area contributed by atoms with Crippen LogP contribution in [-0.2, 0) is 4.79 Å². The summed E-state index contributed by atoms with van der Waals surface area (Å²) >= 11 is 3.09. The maximum absolute atomic E-state index is 13.7. The highest BCUT2D eigenvalue weighted by molar-refractivity contribution is 9.10. The molecule has 0 saturated heterocycles. The number of carbonyl (C=O) groups excluding carboxylic acids is 1. The fourth-order valence-corrected chi connectivity index (χ4v) is 2.49. The Kier molecular flexibility index (Phi) is 3.49. The van der Waals surface area contributed by atoms with Crippen molar-refractivity contribution in [3.63, 3.8) is 0 Å². The molecule has 7 heteroatoms. The third-order valence-corrected chi connectivity index (χ3v) is 3.57. The second-order valence-electron chi connectivity index (χ2n) is 4.69. The molecule has 0 spiro atoms. The van der Waals surface area contributed by atoms with Gasteiger partial charge in [0.1, 0.15) is 11.9 Å². The summed E-state index contributed by atoms with van der Waals surface area (Å²) in [5.41, 5.74) is 12.2. The normalized spacial score (nSPS) is 13.1. The standard InChI is InChI=1S/C12H14BrFN4O/c1-5(2)10(11(15)19)18-9-4-7(14)6(13)3-8(9)17-12(18)16/h3-5,10H,1-2H3,(H2,15,19)(H2,16,17). The smallest absolute Gasteiger partial charge is 0.240 e. The molecule has 1 aromatic carbocycles. The van der Waals surface area contributed by atoms with Gasteiger partial charge in [-0.25, -0.2) is 9.37 Å². The Labute approximate surface area is 117 Å². The first-order valence-corrected chi connectivity index (χ1v) is 6.54. The fraction of sp³-hybridized carbons (Fsp3) is 0.333. The Balaban J connectivity index is 2.75. The summed E-state index contributed by atoms with van der Waals surface area (Å²) < 4.78 is 15.4. The summed E-state index contributed by atoms with van der Waals surface area (Å²) in [5, 5.41) is 0. The lowest BCUT2D eigenvalue weighted by Gasteiger charge is -2.20. The van der Waals surface area contributed by atoms with Gasteiger partial charge in [0.2, 0.25) is 11.9 Å². The van der Waals surface area contributed by atoms with Gasteiger partial charge in [0, 0.05) is 6.07 Å². The second-order valence-corrected chi connectivity index (χ2v) is 5.54. The number of benzene rings is 1. The van der Waals surface area contributed by atoms with Gasteiger partial charge in [0.25, 0.3) is 0 Å². The number of anilines is 1. The molecule has 0 radical (unpaired) electrons. The lowest BCUT2D eigenvalue weighted by molar-refractivity contribution is -0.122. The topological polar surface area (TPSA) is 86.9 Å². The molecular formula is C12H14BrFN4O. The first-order chi connectivity index (χ1) is 8.82. The molecule has 5 nitrogen and oxygen atoms in total. The van der Waals surface area contributed by atoms with Gasteiger partial charge < -0.3 is 11.5 Å². The summed E-state index contributed by atoms with van der Waals surface area (Å²) in [4.78, 5) is 15.7. The van der Waals surface area contributed by atoms with E-state index < -0.39 is 17.8 Å². The molecule has 0 aliphatic heterocycles. The Morgan fingerprint density at radius 3 is 2.63 bits per heavy atom. The molecule has 1 amide bonds. The minimum atomic E-state index is -0.662. The lowest BCUT2D eigenvalue weighted by atomic mass is 10.0. The molecule has 0 aliphatic carbocycles. The van der Waals surface area contributed by atoms with Crippen LogP contribution < -0.4 is 11.5 Å². The molecule has 1 aromatic heterocycles. The number of primary amides is 1. The van der Waals surface area contributed by atoms with Gasteiger partial charge in [-0.2, -0.15) is 0 Å². The zero-order valence-electron chi connectivity index (χ0n) is 10.5. The summed E-state index contributed by atoms with van der Waals surface area (Å²) in [5.74, 6) is -0.904. The molecule has 0 bridgehead atoms. The Hall–Kier alpha value is -1.63. The second kappa shape index (κ2) is 4.80. The number of imidazole rings is 1. The van der Waals surface area contributed by atoms with E-state index in [9.17, 15) is 9.18 Å². The van der Waals surface area contributed by atoms with Gasteiger partial charge in [-0.1, -0.05) is 13.8 Å². The zero-order valence-corrected chi connectivity index (χ0v) is 12.1. The molecule has 0 saturated carbocycles.